The Labute approximate surface area is 112 Å². The predicted octanol–water partition coefficient (Wildman–Crippen LogP) is -0.208. The van der Waals surface area contributed by atoms with Crippen LogP contribution in [0.2, 0.25) is 0 Å². The fourth-order valence-electron chi connectivity index (χ4n) is 1.34. The lowest BCUT2D eigenvalue weighted by Gasteiger charge is -2.06. The molecule has 0 fully saturated rings. The quantitative estimate of drug-likeness (QED) is 0.602. The summed E-state index contributed by atoms with van der Waals surface area (Å²) in [6, 6.07) is 5.11. The van der Waals surface area contributed by atoms with E-state index in [2.05, 4.69) is 20.3 Å². The van der Waals surface area contributed by atoms with E-state index in [1.165, 1.54) is 0 Å². The summed E-state index contributed by atoms with van der Waals surface area (Å²) in [5.74, 6) is 0.336. The molecule has 0 aromatic carbocycles. The monoisotopic (exact) mass is 286 g/mol. The second kappa shape index (κ2) is 7.05. The summed E-state index contributed by atoms with van der Waals surface area (Å²) < 4.78 is 24.0. The number of carbonyl (C=O) groups is 1. The van der Waals surface area contributed by atoms with E-state index in [-0.39, 0.29) is 5.91 Å². The molecule has 0 bridgehead atoms. The maximum Gasteiger partial charge on any atom is 0.269 e. The summed E-state index contributed by atoms with van der Waals surface area (Å²) in [6.07, 6.45) is 1.61. The van der Waals surface area contributed by atoms with Gasteiger partial charge in [0, 0.05) is 20.1 Å². The van der Waals surface area contributed by atoms with Gasteiger partial charge in [0.25, 0.3) is 5.91 Å². The fraction of sp³-hybridized carbons (Fsp3) is 0.455. The van der Waals surface area contributed by atoms with Crippen molar-refractivity contribution < 1.29 is 13.2 Å². The molecule has 0 radical (unpaired) electrons. The topological polar surface area (TPSA) is 100 Å². The molecule has 0 saturated heterocycles. The lowest BCUT2D eigenvalue weighted by atomic mass is 10.3. The fourth-order valence-corrected chi connectivity index (χ4v) is 1.85. The van der Waals surface area contributed by atoms with Crippen LogP contribution >= 0.6 is 0 Å². The molecule has 7 nitrogen and oxygen atoms in total. The number of amides is 1. The van der Waals surface area contributed by atoms with Crippen molar-refractivity contribution >= 4 is 21.7 Å². The van der Waals surface area contributed by atoms with Crippen LogP contribution in [0, 0.1) is 0 Å². The number of nitrogens with zero attached hydrogens (tertiary/aromatic N) is 1. The summed E-state index contributed by atoms with van der Waals surface area (Å²) in [5, 5.41) is 5.52. The molecule has 1 heterocycles. The molecule has 8 heteroatoms. The highest BCUT2D eigenvalue weighted by Crippen LogP contribution is 2.03. The number of hydrogen-bond acceptors (Lipinski definition) is 5. The van der Waals surface area contributed by atoms with Crippen LogP contribution in [0.15, 0.2) is 18.2 Å². The van der Waals surface area contributed by atoms with Gasteiger partial charge in [-0.1, -0.05) is 6.07 Å². The van der Waals surface area contributed by atoms with Crippen molar-refractivity contribution in [3.8, 4) is 0 Å². The molecular weight excluding hydrogens is 268 g/mol. The molecule has 0 unspecified atom stereocenters. The van der Waals surface area contributed by atoms with E-state index in [9.17, 15) is 13.2 Å². The molecule has 0 atom stereocenters. The largest absolute Gasteiger partial charge is 0.373 e. The van der Waals surface area contributed by atoms with Crippen molar-refractivity contribution in [1.29, 1.82) is 0 Å². The summed E-state index contributed by atoms with van der Waals surface area (Å²) >= 11 is 0. The van der Waals surface area contributed by atoms with Gasteiger partial charge in [-0.25, -0.2) is 18.1 Å². The molecule has 0 spiro atoms. The van der Waals surface area contributed by atoms with Gasteiger partial charge in [-0.3, -0.25) is 4.79 Å². The molecule has 3 N–H and O–H groups in total. The predicted molar refractivity (Wildman–Crippen MR) is 73.6 cm³/mol. The highest BCUT2D eigenvalue weighted by atomic mass is 32.2. The molecule has 1 aromatic rings. The van der Waals surface area contributed by atoms with Crippen molar-refractivity contribution in [2.24, 2.45) is 0 Å². The van der Waals surface area contributed by atoms with Crippen LogP contribution in [0.4, 0.5) is 5.82 Å². The minimum absolute atomic E-state index is 0.281. The Bertz CT molecular complexity index is 530. The maximum atomic E-state index is 11.7. The first-order valence-corrected chi connectivity index (χ1v) is 7.69. The van der Waals surface area contributed by atoms with Gasteiger partial charge in [0.2, 0.25) is 10.0 Å². The lowest BCUT2D eigenvalue weighted by molar-refractivity contribution is 0.0948. The van der Waals surface area contributed by atoms with Gasteiger partial charge in [0.15, 0.2) is 0 Å². The standard InChI is InChI=1S/C11H18N4O3S/c1-12-10-6-3-5-9(15-10)11(16)13-7-4-8-14-19(2,17)18/h3,5-6,14H,4,7-8H2,1-2H3,(H,12,15)(H,13,16). The number of nitrogens with one attached hydrogen (secondary N) is 3. The van der Waals surface area contributed by atoms with Gasteiger partial charge in [0.05, 0.1) is 6.26 Å². The molecule has 1 amide bonds. The van der Waals surface area contributed by atoms with E-state index in [1.807, 2.05) is 0 Å². The van der Waals surface area contributed by atoms with Gasteiger partial charge in [-0.05, 0) is 18.6 Å². The first-order chi connectivity index (χ1) is 8.92. The molecule has 19 heavy (non-hydrogen) atoms. The third-order valence-corrected chi connectivity index (χ3v) is 2.97. The Morgan fingerprint density at radius 3 is 2.68 bits per heavy atom. The first kappa shape index (κ1) is 15.4. The maximum absolute atomic E-state index is 11.7. The van der Waals surface area contributed by atoms with Crippen LogP contribution in [-0.2, 0) is 10.0 Å². The van der Waals surface area contributed by atoms with E-state index in [0.717, 1.165) is 6.26 Å². The average molecular weight is 286 g/mol. The van der Waals surface area contributed by atoms with Crippen molar-refractivity contribution in [2.45, 2.75) is 6.42 Å². The molecule has 106 valence electrons. The number of carbonyl (C=O) groups excluding carboxylic acids is 1. The van der Waals surface area contributed by atoms with Crippen molar-refractivity contribution in [3.05, 3.63) is 23.9 Å². The zero-order chi connectivity index (χ0) is 14.3. The highest BCUT2D eigenvalue weighted by Gasteiger charge is 2.07. The van der Waals surface area contributed by atoms with Crippen molar-refractivity contribution in [1.82, 2.24) is 15.0 Å². The number of anilines is 1. The van der Waals surface area contributed by atoms with Gasteiger partial charge in [-0.15, -0.1) is 0 Å². The molecule has 0 aliphatic heterocycles. The molecule has 0 aliphatic rings. The van der Waals surface area contributed by atoms with Crippen molar-refractivity contribution in [2.75, 3.05) is 31.7 Å². The molecule has 1 aromatic heterocycles. The van der Waals surface area contributed by atoms with Crippen LogP contribution in [0.25, 0.3) is 0 Å². The molecule has 1 rings (SSSR count). The van der Waals surface area contributed by atoms with Crippen LogP contribution in [0.1, 0.15) is 16.9 Å². The van der Waals surface area contributed by atoms with E-state index in [4.69, 9.17) is 0 Å². The van der Waals surface area contributed by atoms with E-state index >= 15 is 0 Å². The van der Waals surface area contributed by atoms with E-state index in [0.29, 0.717) is 31.0 Å². The van der Waals surface area contributed by atoms with Crippen LogP contribution in [0.5, 0.6) is 0 Å². The lowest BCUT2D eigenvalue weighted by Crippen LogP contribution is -2.29. The molecule has 0 saturated carbocycles. The van der Waals surface area contributed by atoms with Gasteiger partial charge in [0.1, 0.15) is 11.5 Å². The highest BCUT2D eigenvalue weighted by molar-refractivity contribution is 7.88. The Balaban J connectivity index is 2.35. The average Bonchev–Trinajstić information content (AvgIpc) is 2.37. The molecular formula is C11H18N4O3S. The molecule has 0 aliphatic carbocycles. The van der Waals surface area contributed by atoms with E-state index < -0.39 is 10.0 Å². The summed E-state index contributed by atoms with van der Waals surface area (Å²) in [6.45, 7) is 0.676. The third kappa shape index (κ3) is 6.16. The number of pyridine rings is 1. The number of rotatable bonds is 7. The third-order valence-electron chi connectivity index (χ3n) is 2.24. The Kier molecular flexibility index (Phi) is 5.71. The zero-order valence-electron chi connectivity index (χ0n) is 10.9. The van der Waals surface area contributed by atoms with Crippen LogP contribution < -0.4 is 15.4 Å². The van der Waals surface area contributed by atoms with Gasteiger partial charge in [-0.2, -0.15) is 0 Å². The Morgan fingerprint density at radius 2 is 2.05 bits per heavy atom. The SMILES string of the molecule is CNc1cccc(C(=O)NCCCNS(C)(=O)=O)n1. The van der Waals surface area contributed by atoms with E-state index in [1.54, 1.807) is 25.2 Å². The zero-order valence-corrected chi connectivity index (χ0v) is 11.8. The number of hydrogen-bond donors (Lipinski definition) is 3. The summed E-state index contributed by atoms with van der Waals surface area (Å²) in [7, 11) is -1.45. The Hall–Kier alpha value is -1.67. The Morgan fingerprint density at radius 1 is 1.32 bits per heavy atom. The second-order valence-corrected chi connectivity index (χ2v) is 5.77. The smallest absolute Gasteiger partial charge is 0.269 e. The van der Waals surface area contributed by atoms with Crippen LogP contribution in [0.3, 0.4) is 0 Å². The summed E-state index contributed by atoms with van der Waals surface area (Å²) in [4.78, 5) is 15.8. The number of sulfonamides is 1. The van der Waals surface area contributed by atoms with Crippen molar-refractivity contribution in [3.63, 3.8) is 0 Å². The van der Waals surface area contributed by atoms with Gasteiger partial charge >= 0.3 is 0 Å². The minimum atomic E-state index is -3.17. The van der Waals surface area contributed by atoms with Gasteiger partial charge < -0.3 is 10.6 Å². The minimum Gasteiger partial charge on any atom is -0.373 e. The van der Waals surface area contributed by atoms with Crippen LogP contribution in [-0.4, -0.2) is 45.7 Å². The first-order valence-electron chi connectivity index (χ1n) is 5.80. The number of aromatic nitrogens is 1. The normalized spacial score (nSPS) is 11.1. The summed E-state index contributed by atoms with van der Waals surface area (Å²) in [5.41, 5.74) is 0.322. The second-order valence-electron chi connectivity index (χ2n) is 3.93.